The second kappa shape index (κ2) is 8.50. The summed E-state index contributed by atoms with van der Waals surface area (Å²) in [6.45, 7) is -0.156. The van der Waals surface area contributed by atoms with Crippen LogP contribution >= 0.6 is 11.3 Å². The first-order valence-corrected chi connectivity index (χ1v) is 11.1. The first-order valence-electron chi connectivity index (χ1n) is 8.66. The maximum Gasteiger partial charge on any atom is 0.497 e. The molecule has 0 aliphatic carbocycles. The van der Waals surface area contributed by atoms with Crippen LogP contribution in [0, 0.1) is 0 Å². The van der Waals surface area contributed by atoms with Gasteiger partial charge in [0.25, 0.3) is 0 Å². The summed E-state index contributed by atoms with van der Waals surface area (Å²) in [6.07, 6.45) is -0.333. The van der Waals surface area contributed by atoms with E-state index in [0.29, 0.717) is 5.01 Å². The third-order valence-electron chi connectivity index (χ3n) is 4.12. The van der Waals surface area contributed by atoms with Crippen LogP contribution in [-0.2, 0) is 21.1 Å². The fourth-order valence-electron chi connectivity index (χ4n) is 2.66. The van der Waals surface area contributed by atoms with Gasteiger partial charge in [-0.2, -0.15) is 13.2 Å². The van der Waals surface area contributed by atoms with Gasteiger partial charge in [-0.25, -0.2) is 13.4 Å². The number of alkyl halides is 3. The van der Waals surface area contributed by atoms with Crippen LogP contribution in [0.2, 0.25) is 0 Å². The van der Waals surface area contributed by atoms with Crippen LogP contribution in [-0.4, -0.2) is 37.1 Å². The summed E-state index contributed by atoms with van der Waals surface area (Å²) in [7, 11) is -5.16. The summed E-state index contributed by atoms with van der Waals surface area (Å²) in [5, 5.41) is 3.01. The lowest BCUT2D eigenvalue weighted by Crippen LogP contribution is -2.30. The lowest BCUT2D eigenvalue weighted by molar-refractivity contribution is -0.120. The molecule has 0 aliphatic heterocycles. The molecule has 10 heteroatoms. The highest BCUT2D eigenvalue weighted by atomic mass is 32.2. The van der Waals surface area contributed by atoms with Crippen LogP contribution in [0.3, 0.4) is 0 Å². The quantitative estimate of drug-likeness (QED) is 0.563. The fraction of sp³-hybridized carbons (Fsp3) is 0.263. The minimum atomic E-state index is -5.27. The summed E-state index contributed by atoms with van der Waals surface area (Å²) in [5.74, 6) is -1.48. The number of nitrogens with zero attached hydrogens (tertiary/aromatic N) is 1. The molecule has 0 atom stereocenters. The number of benzene rings is 2. The Bertz CT molecular complexity index is 1110. The van der Waals surface area contributed by atoms with Gasteiger partial charge in [0.1, 0.15) is 5.01 Å². The molecule has 29 heavy (non-hydrogen) atoms. The van der Waals surface area contributed by atoms with Gasteiger partial charge in [0, 0.05) is 6.54 Å². The Hall–Kier alpha value is -2.46. The van der Waals surface area contributed by atoms with E-state index in [1.807, 2.05) is 48.5 Å². The van der Waals surface area contributed by atoms with Crippen molar-refractivity contribution < 1.29 is 26.4 Å². The Morgan fingerprint density at radius 1 is 1.07 bits per heavy atom. The average molecular weight is 442 g/mol. The third kappa shape index (κ3) is 5.33. The van der Waals surface area contributed by atoms with Crippen molar-refractivity contribution in [2.24, 2.45) is 0 Å². The van der Waals surface area contributed by atoms with Crippen molar-refractivity contribution in [2.45, 2.75) is 18.3 Å². The molecule has 1 N–H and O–H groups in total. The van der Waals surface area contributed by atoms with E-state index in [9.17, 15) is 26.4 Å². The third-order valence-corrected chi connectivity index (χ3v) is 6.67. The minimum Gasteiger partial charge on any atom is -0.356 e. The van der Waals surface area contributed by atoms with E-state index in [1.165, 1.54) is 11.3 Å². The molecule has 0 spiro atoms. The van der Waals surface area contributed by atoms with Gasteiger partial charge in [-0.05, 0) is 29.7 Å². The average Bonchev–Trinajstić information content (AvgIpc) is 3.06. The van der Waals surface area contributed by atoms with Crippen molar-refractivity contribution >= 4 is 37.3 Å². The van der Waals surface area contributed by atoms with Crippen LogP contribution in [0.25, 0.3) is 21.3 Å². The summed E-state index contributed by atoms with van der Waals surface area (Å²) < 4.78 is 59.7. The number of fused-ring (bicyclic) bond motifs is 1. The van der Waals surface area contributed by atoms with Gasteiger partial charge in [0.15, 0.2) is 0 Å². The normalized spacial score (nSPS) is 12.2. The van der Waals surface area contributed by atoms with Gasteiger partial charge in [-0.15, -0.1) is 11.3 Å². The number of halogens is 3. The maximum atomic E-state index is 12.3. The Morgan fingerprint density at radius 2 is 1.79 bits per heavy atom. The van der Waals surface area contributed by atoms with Crippen LogP contribution in [0.1, 0.15) is 11.4 Å². The van der Waals surface area contributed by atoms with Gasteiger partial charge in [-0.1, -0.05) is 36.4 Å². The predicted octanol–water partition coefficient (Wildman–Crippen LogP) is 3.95. The zero-order valence-electron chi connectivity index (χ0n) is 15.1. The Labute approximate surface area is 169 Å². The Kier molecular flexibility index (Phi) is 6.23. The molecule has 1 amide bonds. The van der Waals surface area contributed by atoms with Crippen molar-refractivity contribution in [1.82, 2.24) is 10.3 Å². The predicted molar refractivity (Wildman–Crippen MR) is 106 cm³/mol. The smallest absolute Gasteiger partial charge is 0.356 e. The summed E-state index contributed by atoms with van der Waals surface area (Å²) in [6, 6.07) is 15.6. The largest absolute Gasteiger partial charge is 0.497 e. The topological polar surface area (TPSA) is 76.1 Å². The molecule has 0 saturated carbocycles. The lowest BCUT2D eigenvalue weighted by Gasteiger charge is -2.08. The molecule has 0 saturated heterocycles. The molecule has 3 aromatic rings. The molecule has 5 nitrogen and oxygen atoms in total. The second-order valence-electron chi connectivity index (χ2n) is 6.30. The van der Waals surface area contributed by atoms with Crippen molar-refractivity contribution in [1.29, 1.82) is 0 Å². The number of rotatable bonds is 7. The van der Waals surface area contributed by atoms with Gasteiger partial charge in [0.2, 0.25) is 15.7 Å². The molecule has 2 aromatic carbocycles. The van der Waals surface area contributed by atoms with Crippen molar-refractivity contribution in [3.05, 3.63) is 53.5 Å². The van der Waals surface area contributed by atoms with Crippen LogP contribution < -0.4 is 5.32 Å². The number of carbonyl (C=O) groups excluding carboxylic acids is 1. The summed E-state index contributed by atoms with van der Waals surface area (Å²) >= 11 is 1.36. The molecule has 1 heterocycles. The van der Waals surface area contributed by atoms with Gasteiger partial charge in [0.05, 0.1) is 22.4 Å². The number of thiazole rings is 1. The number of carbonyl (C=O) groups is 1. The SMILES string of the molecule is O=C(Cc1nc2ccc(-c3ccccc3)cc2s1)NCCCS(=O)(=O)C(F)(F)F. The van der Waals surface area contributed by atoms with Crippen LogP contribution in [0.15, 0.2) is 48.5 Å². The van der Waals surface area contributed by atoms with E-state index in [1.54, 1.807) is 0 Å². The summed E-state index contributed by atoms with van der Waals surface area (Å²) in [4.78, 5) is 16.4. The molecule has 1 aromatic heterocycles. The minimum absolute atomic E-state index is 0.0218. The maximum absolute atomic E-state index is 12.3. The van der Waals surface area contributed by atoms with E-state index < -0.39 is 27.0 Å². The Morgan fingerprint density at radius 3 is 2.48 bits per heavy atom. The van der Waals surface area contributed by atoms with E-state index in [-0.39, 0.29) is 19.4 Å². The number of sulfone groups is 1. The zero-order valence-corrected chi connectivity index (χ0v) is 16.7. The van der Waals surface area contributed by atoms with Gasteiger partial charge >= 0.3 is 5.51 Å². The molecule has 0 unspecified atom stereocenters. The lowest BCUT2D eigenvalue weighted by atomic mass is 10.1. The molecular formula is C19H17F3N2O3S2. The highest BCUT2D eigenvalue weighted by Gasteiger charge is 2.44. The number of aromatic nitrogens is 1. The highest BCUT2D eigenvalue weighted by Crippen LogP contribution is 2.28. The first kappa shape index (κ1) is 21.3. The molecule has 0 fully saturated rings. The van der Waals surface area contributed by atoms with E-state index in [2.05, 4.69) is 10.3 Å². The van der Waals surface area contributed by atoms with Crippen molar-refractivity contribution in [3.8, 4) is 11.1 Å². The molecular weight excluding hydrogens is 425 g/mol. The standard InChI is InChI=1S/C19H17F3N2O3S2/c20-19(21,22)29(26,27)10-4-9-23-17(25)12-18-24-15-8-7-14(11-16(15)28-18)13-5-2-1-3-6-13/h1-3,5-8,11H,4,9-10,12H2,(H,23,25). The van der Waals surface area contributed by atoms with Gasteiger partial charge in [-0.3, -0.25) is 4.79 Å². The Balaban J connectivity index is 1.57. The zero-order chi connectivity index (χ0) is 21.1. The van der Waals surface area contributed by atoms with Crippen LogP contribution in [0.4, 0.5) is 13.2 Å². The van der Waals surface area contributed by atoms with E-state index in [4.69, 9.17) is 0 Å². The number of amides is 1. The highest BCUT2D eigenvalue weighted by molar-refractivity contribution is 7.92. The van der Waals surface area contributed by atoms with E-state index in [0.717, 1.165) is 21.3 Å². The van der Waals surface area contributed by atoms with Crippen LogP contribution in [0.5, 0.6) is 0 Å². The second-order valence-corrected chi connectivity index (χ2v) is 9.52. The fourth-order valence-corrected chi connectivity index (χ4v) is 4.42. The van der Waals surface area contributed by atoms with Crippen molar-refractivity contribution in [2.75, 3.05) is 12.3 Å². The monoisotopic (exact) mass is 442 g/mol. The van der Waals surface area contributed by atoms with Crippen molar-refractivity contribution in [3.63, 3.8) is 0 Å². The molecule has 0 bridgehead atoms. The molecule has 3 rings (SSSR count). The molecule has 154 valence electrons. The number of hydrogen-bond donors (Lipinski definition) is 1. The number of hydrogen-bond acceptors (Lipinski definition) is 5. The van der Waals surface area contributed by atoms with E-state index >= 15 is 0 Å². The number of nitrogens with one attached hydrogen (secondary N) is 1. The summed E-state index contributed by atoms with van der Waals surface area (Å²) in [5.41, 5.74) is -2.41. The molecule has 0 radical (unpaired) electrons. The first-order chi connectivity index (χ1) is 13.7. The van der Waals surface area contributed by atoms with Gasteiger partial charge < -0.3 is 5.32 Å². The molecule has 0 aliphatic rings.